The highest BCUT2D eigenvalue weighted by Crippen LogP contribution is 2.27. The fourth-order valence-electron chi connectivity index (χ4n) is 2.49. The average Bonchev–Trinajstić information content (AvgIpc) is 3.21. The Morgan fingerprint density at radius 3 is 2.65 bits per heavy atom. The Labute approximate surface area is 156 Å². The van der Waals surface area contributed by atoms with Gasteiger partial charge >= 0.3 is 0 Å². The van der Waals surface area contributed by atoms with E-state index in [1.165, 1.54) is 16.9 Å². The molecule has 7 nitrogen and oxygen atoms in total. The van der Waals surface area contributed by atoms with Crippen molar-refractivity contribution in [1.29, 1.82) is 0 Å². The van der Waals surface area contributed by atoms with Crippen LogP contribution in [0.3, 0.4) is 0 Å². The van der Waals surface area contributed by atoms with Crippen LogP contribution in [0.5, 0.6) is 5.75 Å². The maximum Gasteiger partial charge on any atom is 0.260 e. The van der Waals surface area contributed by atoms with Gasteiger partial charge in [-0.15, -0.1) is 10.2 Å². The van der Waals surface area contributed by atoms with E-state index in [2.05, 4.69) is 27.5 Å². The molecule has 1 amide bonds. The summed E-state index contributed by atoms with van der Waals surface area (Å²) in [5.41, 5.74) is 2.45. The van der Waals surface area contributed by atoms with Crippen LogP contribution in [0, 0.1) is 6.92 Å². The number of nitrogens with zero attached hydrogens (tertiary/aromatic N) is 4. The molecule has 0 aliphatic heterocycles. The van der Waals surface area contributed by atoms with Gasteiger partial charge in [-0.25, -0.2) is 0 Å². The first-order chi connectivity index (χ1) is 12.5. The van der Waals surface area contributed by atoms with E-state index in [-0.39, 0.29) is 12.0 Å². The van der Waals surface area contributed by atoms with E-state index in [9.17, 15) is 4.79 Å². The van der Waals surface area contributed by atoms with E-state index in [1.54, 1.807) is 24.9 Å². The monoisotopic (exact) mass is 371 g/mol. The van der Waals surface area contributed by atoms with Crippen molar-refractivity contribution in [2.45, 2.75) is 33.3 Å². The molecule has 3 aromatic rings. The van der Waals surface area contributed by atoms with Crippen LogP contribution in [0.2, 0.25) is 0 Å². The van der Waals surface area contributed by atoms with Gasteiger partial charge in [-0.05, 0) is 38.0 Å². The first-order valence-corrected chi connectivity index (χ1v) is 9.18. The molecule has 3 rings (SSSR count). The van der Waals surface area contributed by atoms with Crippen molar-refractivity contribution in [3.63, 3.8) is 0 Å². The SMILES string of the molecule is CCc1ccc(OC(C)c2nnc(NC(=O)c3cn(C)nc3C)s2)cc1. The highest BCUT2D eigenvalue weighted by molar-refractivity contribution is 7.15. The number of amides is 1. The van der Waals surface area contributed by atoms with Gasteiger partial charge < -0.3 is 4.74 Å². The molecule has 0 bridgehead atoms. The third-order valence-corrected chi connectivity index (χ3v) is 4.91. The van der Waals surface area contributed by atoms with Crippen molar-refractivity contribution >= 4 is 22.4 Å². The second-order valence-corrected chi connectivity index (χ2v) is 6.97. The zero-order chi connectivity index (χ0) is 18.7. The summed E-state index contributed by atoms with van der Waals surface area (Å²) in [5.74, 6) is 0.531. The topological polar surface area (TPSA) is 81.9 Å². The highest BCUT2D eigenvalue weighted by Gasteiger charge is 2.18. The van der Waals surface area contributed by atoms with Gasteiger partial charge in [-0.2, -0.15) is 5.10 Å². The number of aromatic nitrogens is 4. The van der Waals surface area contributed by atoms with Crippen LogP contribution >= 0.6 is 11.3 Å². The molecule has 1 aromatic carbocycles. The molecule has 8 heteroatoms. The number of ether oxygens (including phenoxy) is 1. The third kappa shape index (κ3) is 4.08. The molecule has 0 radical (unpaired) electrons. The van der Waals surface area contributed by atoms with Gasteiger partial charge in [0, 0.05) is 13.2 Å². The van der Waals surface area contributed by atoms with Gasteiger partial charge in [0.15, 0.2) is 5.01 Å². The lowest BCUT2D eigenvalue weighted by atomic mass is 10.2. The minimum Gasteiger partial charge on any atom is -0.483 e. The maximum absolute atomic E-state index is 12.3. The van der Waals surface area contributed by atoms with Crippen molar-refractivity contribution in [2.75, 3.05) is 5.32 Å². The Hall–Kier alpha value is -2.74. The molecule has 0 saturated heterocycles. The largest absolute Gasteiger partial charge is 0.483 e. The van der Waals surface area contributed by atoms with Gasteiger partial charge in [0.05, 0.1) is 11.3 Å². The smallest absolute Gasteiger partial charge is 0.260 e. The molecule has 0 aliphatic rings. The Bertz CT molecular complexity index is 901. The first-order valence-electron chi connectivity index (χ1n) is 8.37. The van der Waals surface area contributed by atoms with Gasteiger partial charge in [-0.3, -0.25) is 14.8 Å². The van der Waals surface area contributed by atoms with Crippen LogP contribution in [-0.4, -0.2) is 25.9 Å². The predicted octanol–water partition coefficient (Wildman–Crippen LogP) is 3.53. The Kier molecular flexibility index (Phi) is 5.32. The van der Waals surface area contributed by atoms with Gasteiger partial charge in [0.25, 0.3) is 5.91 Å². The minimum atomic E-state index is -0.259. The van der Waals surface area contributed by atoms with Gasteiger partial charge in [0.2, 0.25) is 5.13 Å². The maximum atomic E-state index is 12.3. The predicted molar refractivity (Wildman–Crippen MR) is 101 cm³/mol. The molecule has 1 atom stereocenters. The lowest BCUT2D eigenvalue weighted by Crippen LogP contribution is -2.12. The number of nitrogens with one attached hydrogen (secondary N) is 1. The summed E-state index contributed by atoms with van der Waals surface area (Å²) in [5, 5.41) is 16.2. The van der Waals surface area contributed by atoms with E-state index in [1.807, 2.05) is 31.2 Å². The van der Waals surface area contributed by atoms with E-state index in [4.69, 9.17) is 4.74 Å². The summed E-state index contributed by atoms with van der Waals surface area (Å²) in [4.78, 5) is 12.3. The summed E-state index contributed by atoms with van der Waals surface area (Å²) >= 11 is 1.30. The molecule has 136 valence electrons. The summed E-state index contributed by atoms with van der Waals surface area (Å²) in [6.07, 6.45) is 2.41. The van der Waals surface area contributed by atoms with Crippen molar-refractivity contribution in [1.82, 2.24) is 20.0 Å². The summed E-state index contributed by atoms with van der Waals surface area (Å²) in [6.45, 7) is 5.81. The van der Waals surface area contributed by atoms with E-state index in [0.29, 0.717) is 21.4 Å². The molecule has 1 unspecified atom stereocenters. The molecule has 1 N–H and O–H groups in total. The molecule has 2 aromatic heterocycles. The number of carbonyl (C=O) groups excluding carboxylic acids is 1. The molecular weight excluding hydrogens is 350 g/mol. The van der Waals surface area contributed by atoms with Crippen LogP contribution < -0.4 is 10.1 Å². The zero-order valence-electron chi connectivity index (χ0n) is 15.2. The standard InChI is InChI=1S/C18H21N5O2S/c1-5-13-6-8-14(9-7-13)25-12(3)17-20-21-18(26-17)19-16(24)15-10-23(4)22-11(15)2/h6-10,12H,5H2,1-4H3,(H,19,21,24). The summed E-state index contributed by atoms with van der Waals surface area (Å²) < 4.78 is 7.51. The van der Waals surface area contributed by atoms with E-state index in [0.717, 1.165) is 12.2 Å². The Morgan fingerprint density at radius 2 is 2.04 bits per heavy atom. The van der Waals surface area contributed by atoms with Crippen LogP contribution in [0.15, 0.2) is 30.5 Å². The Morgan fingerprint density at radius 1 is 1.31 bits per heavy atom. The number of carbonyl (C=O) groups is 1. The van der Waals surface area contributed by atoms with E-state index >= 15 is 0 Å². The van der Waals surface area contributed by atoms with Crippen molar-refractivity contribution in [2.24, 2.45) is 7.05 Å². The van der Waals surface area contributed by atoms with Crippen molar-refractivity contribution in [3.05, 3.63) is 52.3 Å². The minimum absolute atomic E-state index is 0.248. The lowest BCUT2D eigenvalue weighted by Gasteiger charge is -2.11. The number of hydrogen-bond donors (Lipinski definition) is 1. The van der Waals surface area contributed by atoms with Crippen molar-refractivity contribution < 1.29 is 9.53 Å². The van der Waals surface area contributed by atoms with Crippen LogP contribution in [-0.2, 0) is 13.5 Å². The molecular formula is C18H21N5O2S. The van der Waals surface area contributed by atoms with Gasteiger partial charge in [-0.1, -0.05) is 30.4 Å². The summed E-state index contributed by atoms with van der Waals surface area (Å²) in [7, 11) is 1.78. The fraction of sp³-hybridized carbons (Fsp3) is 0.333. The molecule has 0 spiro atoms. The molecule has 0 aliphatic carbocycles. The van der Waals surface area contributed by atoms with Crippen LogP contribution in [0.4, 0.5) is 5.13 Å². The normalized spacial score (nSPS) is 12.0. The number of rotatable bonds is 6. The van der Waals surface area contributed by atoms with Gasteiger partial charge in [0.1, 0.15) is 11.9 Å². The third-order valence-electron chi connectivity index (χ3n) is 3.91. The second kappa shape index (κ2) is 7.65. The molecule has 26 heavy (non-hydrogen) atoms. The quantitative estimate of drug-likeness (QED) is 0.717. The second-order valence-electron chi connectivity index (χ2n) is 5.96. The van der Waals surface area contributed by atoms with Crippen LogP contribution in [0.1, 0.15) is 46.6 Å². The highest BCUT2D eigenvalue weighted by atomic mass is 32.1. The first kappa shape index (κ1) is 18.1. The number of aryl methyl sites for hydroxylation is 3. The molecule has 2 heterocycles. The number of benzene rings is 1. The zero-order valence-corrected chi connectivity index (χ0v) is 16.0. The number of anilines is 1. The molecule has 0 saturated carbocycles. The summed E-state index contributed by atoms with van der Waals surface area (Å²) in [6, 6.07) is 7.99. The number of hydrogen-bond acceptors (Lipinski definition) is 6. The van der Waals surface area contributed by atoms with Crippen LogP contribution in [0.25, 0.3) is 0 Å². The fourth-order valence-corrected chi connectivity index (χ4v) is 3.21. The lowest BCUT2D eigenvalue weighted by molar-refractivity contribution is 0.102. The molecule has 0 fully saturated rings. The Balaban J connectivity index is 1.64. The average molecular weight is 371 g/mol. The van der Waals surface area contributed by atoms with E-state index < -0.39 is 0 Å². The van der Waals surface area contributed by atoms with Crippen molar-refractivity contribution in [3.8, 4) is 5.75 Å².